The fraction of sp³-hybridized carbons (Fsp3) is 0.960. The molecule has 7 heteroatoms. The Labute approximate surface area is 191 Å². The van der Waals surface area contributed by atoms with Gasteiger partial charge in [0.25, 0.3) is 0 Å². The minimum absolute atomic E-state index is 0.0252. The molecule has 1 heterocycles. The summed E-state index contributed by atoms with van der Waals surface area (Å²) in [5.41, 5.74) is 0. The molecule has 4 aliphatic carbocycles. The van der Waals surface area contributed by atoms with Crippen LogP contribution in [0.1, 0.15) is 83.5 Å². The topological polar surface area (TPSA) is 65.2 Å². The summed E-state index contributed by atoms with van der Waals surface area (Å²) in [7, 11) is 0. The first-order valence-electron chi connectivity index (χ1n) is 13.4. The van der Waals surface area contributed by atoms with Gasteiger partial charge in [-0.1, -0.05) is 0 Å². The molecular formula is C25H42F2N4O. The largest absolute Gasteiger partial charge is 0.338 e. The zero-order valence-corrected chi connectivity index (χ0v) is 19.3. The van der Waals surface area contributed by atoms with Crippen molar-refractivity contribution in [3.8, 4) is 0 Å². The first-order chi connectivity index (χ1) is 15.5. The molecule has 5 nitrogen and oxygen atoms in total. The molecule has 0 aromatic heterocycles. The van der Waals surface area contributed by atoms with Crippen LogP contribution in [0.15, 0.2) is 0 Å². The average molecular weight is 453 g/mol. The van der Waals surface area contributed by atoms with Crippen LogP contribution in [0.5, 0.6) is 0 Å². The molecule has 0 aromatic carbocycles. The van der Waals surface area contributed by atoms with Crippen LogP contribution < -0.4 is 21.3 Å². The Hall–Kier alpha value is -0.950. The monoisotopic (exact) mass is 452 g/mol. The van der Waals surface area contributed by atoms with Gasteiger partial charge in [-0.05, 0) is 101 Å². The third-order valence-electron chi connectivity index (χ3n) is 9.05. The third-order valence-corrected chi connectivity index (χ3v) is 9.05. The zero-order chi connectivity index (χ0) is 22.1. The van der Waals surface area contributed by atoms with Gasteiger partial charge in [0, 0.05) is 36.8 Å². The lowest BCUT2D eigenvalue weighted by Crippen LogP contribution is -2.71. The van der Waals surface area contributed by atoms with E-state index >= 15 is 0 Å². The summed E-state index contributed by atoms with van der Waals surface area (Å²) in [6.45, 7) is 0.798. The highest BCUT2D eigenvalue weighted by Gasteiger charge is 2.46. The second-order valence-electron chi connectivity index (χ2n) is 11.4. The lowest BCUT2D eigenvalue weighted by molar-refractivity contribution is 0.0537. The number of halogens is 2. The number of rotatable bonds is 5. The first-order valence-corrected chi connectivity index (χ1v) is 13.4. The Morgan fingerprint density at radius 3 is 1.84 bits per heavy atom. The predicted molar refractivity (Wildman–Crippen MR) is 122 cm³/mol. The lowest BCUT2D eigenvalue weighted by Gasteiger charge is -2.53. The molecule has 5 aliphatic rings. The summed E-state index contributed by atoms with van der Waals surface area (Å²) in [6, 6.07) is 1.60. The molecule has 0 aromatic rings. The van der Waals surface area contributed by atoms with Gasteiger partial charge in [0.15, 0.2) is 0 Å². The van der Waals surface area contributed by atoms with Crippen LogP contribution in [0.3, 0.4) is 0 Å². The van der Waals surface area contributed by atoms with E-state index in [9.17, 15) is 13.6 Å². The van der Waals surface area contributed by atoms with Crippen LogP contribution in [-0.4, -0.2) is 55.1 Å². The molecule has 182 valence electrons. The fourth-order valence-corrected chi connectivity index (χ4v) is 6.92. The van der Waals surface area contributed by atoms with Crippen molar-refractivity contribution in [2.45, 2.75) is 126 Å². The van der Waals surface area contributed by atoms with Gasteiger partial charge < -0.3 is 21.3 Å². The van der Waals surface area contributed by atoms with Gasteiger partial charge >= 0.3 is 6.03 Å². The Balaban J connectivity index is 1.21. The van der Waals surface area contributed by atoms with E-state index in [1.807, 2.05) is 0 Å². The van der Waals surface area contributed by atoms with Gasteiger partial charge in [-0.2, -0.15) is 0 Å². The normalized spacial score (nSPS) is 45.0. The number of carbonyl (C=O) groups excluding carboxylic acids is 1. The molecule has 0 spiro atoms. The van der Waals surface area contributed by atoms with E-state index in [1.165, 1.54) is 12.8 Å². The summed E-state index contributed by atoms with van der Waals surface area (Å²) >= 11 is 0. The number of piperazine rings is 1. The third kappa shape index (κ3) is 5.57. The van der Waals surface area contributed by atoms with Crippen molar-refractivity contribution in [2.75, 3.05) is 6.54 Å². The van der Waals surface area contributed by atoms with Crippen molar-refractivity contribution in [1.29, 1.82) is 0 Å². The molecule has 1 saturated heterocycles. The van der Waals surface area contributed by atoms with Gasteiger partial charge in [0.05, 0.1) is 0 Å². The fourth-order valence-electron chi connectivity index (χ4n) is 6.92. The second-order valence-corrected chi connectivity index (χ2v) is 11.4. The number of hydrogen-bond donors (Lipinski definition) is 4. The van der Waals surface area contributed by atoms with E-state index in [0.29, 0.717) is 67.6 Å². The molecule has 2 amide bonds. The number of nitrogens with one attached hydrogen (secondary N) is 4. The summed E-state index contributed by atoms with van der Waals surface area (Å²) < 4.78 is 27.7. The SMILES string of the molecule is O=C(NCC1CC1)NC1CCC2NC(C3CCC(F)CC3)C(C3CCC(F)CC3)NC2C1. The summed E-state index contributed by atoms with van der Waals surface area (Å²) in [5.74, 6) is 1.68. The average Bonchev–Trinajstić information content (AvgIpc) is 3.63. The van der Waals surface area contributed by atoms with Crippen LogP contribution in [0.25, 0.3) is 0 Å². The van der Waals surface area contributed by atoms with Crippen molar-refractivity contribution >= 4 is 6.03 Å². The highest BCUT2D eigenvalue weighted by molar-refractivity contribution is 5.74. The molecule has 0 bridgehead atoms. The molecule has 32 heavy (non-hydrogen) atoms. The first kappa shape index (κ1) is 22.8. The number of urea groups is 1. The molecule has 4 saturated carbocycles. The van der Waals surface area contributed by atoms with Crippen LogP contribution in [0.4, 0.5) is 13.6 Å². The van der Waals surface area contributed by atoms with E-state index in [0.717, 1.165) is 51.5 Å². The van der Waals surface area contributed by atoms with E-state index in [1.54, 1.807) is 0 Å². The van der Waals surface area contributed by atoms with E-state index in [4.69, 9.17) is 0 Å². The Bertz CT molecular complexity index is 631. The molecule has 5 unspecified atom stereocenters. The minimum Gasteiger partial charge on any atom is -0.338 e. The number of fused-ring (bicyclic) bond motifs is 1. The molecule has 5 fully saturated rings. The Morgan fingerprint density at radius 2 is 1.28 bits per heavy atom. The maximum atomic E-state index is 13.9. The molecule has 4 N–H and O–H groups in total. The number of hydrogen-bond acceptors (Lipinski definition) is 3. The lowest BCUT2D eigenvalue weighted by atomic mass is 9.70. The van der Waals surface area contributed by atoms with Gasteiger partial charge in [-0.3, -0.25) is 0 Å². The smallest absolute Gasteiger partial charge is 0.315 e. The van der Waals surface area contributed by atoms with Crippen LogP contribution in [-0.2, 0) is 0 Å². The molecular weight excluding hydrogens is 410 g/mol. The quantitative estimate of drug-likeness (QED) is 0.510. The van der Waals surface area contributed by atoms with Gasteiger partial charge in [-0.15, -0.1) is 0 Å². The Morgan fingerprint density at radius 1 is 0.719 bits per heavy atom. The minimum atomic E-state index is -0.645. The van der Waals surface area contributed by atoms with E-state index in [2.05, 4.69) is 21.3 Å². The van der Waals surface area contributed by atoms with Crippen LogP contribution in [0, 0.1) is 17.8 Å². The van der Waals surface area contributed by atoms with Crippen molar-refractivity contribution < 1.29 is 13.6 Å². The van der Waals surface area contributed by atoms with Crippen molar-refractivity contribution in [1.82, 2.24) is 21.3 Å². The number of amides is 2. The highest BCUT2D eigenvalue weighted by atomic mass is 19.1. The number of carbonyl (C=O) groups is 1. The summed E-state index contributed by atoms with van der Waals surface area (Å²) in [5, 5.41) is 14.3. The van der Waals surface area contributed by atoms with E-state index in [-0.39, 0.29) is 12.1 Å². The number of alkyl halides is 2. The molecule has 5 rings (SSSR count). The highest BCUT2D eigenvalue weighted by Crippen LogP contribution is 2.39. The van der Waals surface area contributed by atoms with Gasteiger partial charge in [-0.25, -0.2) is 13.6 Å². The Kier molecular flexibility index (Phi) is 7.22. The van der Waals surface area contributed by atoms with Crippen molar-refractivity contribution in [3.63, 3.8) is 0 Å². The summed E-state index contributed by atoms with van der Waals surface area (Å²) in [6.07, 6.45) is 10.7. The van der Waals surface area contributed by atoms with E-state index < -0.39 is 12.3 Å². The van der Waals surface area contributed by atoms with Crippen LogP contribution in [0.2, 0.25) is 0 Å². The molecule has 1 aliphatic heterocycles. The molecule has 5 atom stereocenters. The zero-order valence-electron chi connectivity index (χ0n) is 19.3. The van der Waals surface area contributed by atoms with Crippen molar-refractivity contribution in [2.24, 2.45) is 17.8 Å². The second kappa shape index (κ2) is 10.1. The standard InChI is InChI=1S/C25H42F2N4O/c26-18-7-3-16(4-8-18)23-24(17-5-9-19(27)10-6-17)31-22-13-20(11-12-21(22)30-23)29-25(32)28-14-15-1-2-15/h15-24,30-31H,1-14H2,(H2,28,29,32). The summed E-state index contributed by atoms with van der Waals surface area (Å²) in [4.78, 5) is 12.3. The molecule has 0 radical (unpaired) electrons. The maximum Gasteiger partial charge on any atom is 0.315 e. The van der Waals surface area contributed by atoms with Gasteiger partial charge in [0.2, 0.25) is 0 Å². The maximum absolute atomic E-state index is 13.9. The van der Waals surface area contributed by atoms with Gasteiger partial charge in [0.1, 0.15) is 12.3 Å². The van der Waals surface area contributed by atoms with Crippen molar-refractivity contribution in [3.05, 3.63) is 0 Å². The van der Waals surface area contributed by atoms with Crippen LogP contribution >= 0.6 is 0 Å². The predicted octanol–water partition coefficient (Wildman–Crippen LogP) is 3.97.